The third-order valence-electron chi connectivity index (χ3n) is 2.12. The first-order valence-corrected chi connectivity index (χ1v) is 5.90. The van der Waals surface area contributed by atoms with Crippen LogP contribution in [0.25, 0.3) is 0 Å². The Morgan fingerprint density at radius 2 is 2.06 bits per heavy atom. The van der Waals surface area contributed by atoms with Crippen molar-refractivity contribution in [1.82, 2.24) is 0 Å². The average Bonchev–Trinajstić information content (AvgIpc) is 2.28. The second-order valence-electron chi connectivity index (χ2n) is 3.23. The van der Waals surface area contributed by atoms with Crippen LogP contribution in [0.3, 0.4) is 0 Å². The molecule has 1 N–H and O–H groups in total. The van der Waals surface area contributed by atoms with E-state index < -0.39 is 6.10 Å². The predicted molar refractivity (Wildman–Crippen MR) is 73.1 cm³/mol. The molecule has 1 unspecified atom stereocenters. The molecule has 0 spiro atoms. The van der Waals surface area contributed by atoms with Crippen LogP contribution in [0, 0.1) is 0 Å². The smallest absolute Gasteiger partial charge is 0.0996 e. The van der Waals surface area contributed by atoms with E-state index in [0.29, 0.717) is 0 Å². The normalized spacial score (nSPS) is 21.6. The lowest BCUT2D eigenvalue weighted by Crippen LogP contribution is -2.10. The zero-order valence-corrected chi connectivity index (χ0v) is 10.2. The first-order chi connectivity index (χ1) is 7.72. The van der Waals surface area contributed by atoms with Gasteiger partial charge in [0.05, 0.1) is 6.10 Å². The summed E-state index contributed by atoms with van der Waals surface area (Å²) in [5.41, 5.74) is 0.822. The van der Waals surface area contributed by atoms with Crippen LogP contribution in [-0.4, -0.2) is 11.2 Å². The Balaban J connectivity index is 2.89. The van der Waals surface area contributed by atoms with Crippen molar-refractivity contribution < 1.29 is 5.11 Å². The molecule has 0 bridgehead atoms. The van der Waals surface area contributed by atoms with Gasteiger partial charge in [-0.25, -0.2) is 0 Å². The summed E-state index contributed by atoms with van der Waals surface area (Å²) in [6, 6.07) is 0. The summed E-state index contributed by atoms with van der Waals surface area (Å²) in [5.74, 6) is 0. The number of allylic oxidation sites excluding steroid dienone is 5. The molecule has 0 fully saturated rings. The highest BCUT2D eigenvalue weighted by molar-refractivity contribution is 8.07. The summed E-state index contributed by atoms with van der Waals surface area (Å²) >= 11 is 1.59. The molecule has 0 aromatic rings. The summed E-state index contributed by atoms with van der Waals surface area (Å²) in [6.07, 6.45) is 12.5. The van der Waals surface area contributed by atoms with Gasteiger partial charge in [0, 0.05) is 9.81 Å². The van der Waals surface area contributed by atoms with Crippen LogP contribution >= 0.6 is 11.8 Å². The maximum absolute atomic E-state index is 9.88. The van der Waals surface area contributed by atoms with Gasteiger partial charge in [-0.05, 0) is 24.6 Å². The fourth-order valence-corrected chi connectivity index (χ4v) is 2.35. The van der Waals surface area contributed by atoms with Crippen molar-refractivity contribution in [3.63, 3.8) is 0 Å². The lowest BCUT2D eigenvalue weighted by atomic mass is 10.1. The number of aliphatic hydroxyl groups is 1. The summed E-state index contributed by atoms with van der Waals surface area (Å²) in [5, 5.41) is 9.88. The number of hydrogen-bond donors (Lipinski definition) is 1. The van der Waals surface area contributed by atoms with Crippen molar-refractivity contribution in [3.05, 3.63) is 71.1 Å². The van der Waals surface area contributed by atoms with Crippen LogP contribution in [0.4, 0.5) is 0 Å². The maximum Gasteiger partial charge on any atom is 0.0996 e. The zero-order valence-electron chi connectivity index (χ0n) is 9.39. The number of aliphatic hydroxyl groups excluding tert-OH is 1. The SMILES string of the molecule is C=CC1=C(C=C)C(O)C=C(/C=C\C=C/C)S1. The number of rotatable bonds is 4. The molecule has 84 valence electrons. The van der Waals surface area contributed by atoms with Gasteiger partial charge >= 0.3 is 0 Å². The van der Waals surface area contributed by atoms with Gasteiger partial charge in [-0.2, -0.15) is 0 Å². The van der Waals surface area contributed by atoms with Crippen LogP contribution in [0.2, 0.25) is 0 Å². The summed E-state index contributed by atoms with van der Waals surface area (Å²) in [7, 11) is 0. The summed E-state index contributed by atoms with van der Waals surface area (Å²) in [4.78, 5) is 1.98. The minimum atomic E-state index is -0.586. The predicted octanol–water partition coefficient (Wildman–Crippen LogP) is 3.74. The third kappa shape index (κ3) is 3.12. The molecular weight excluding hydrogens is 216 g/mol. The van der Waals surface area contributed by atoms with Gasteiger partial charge in [-0.15, -0.1) is 0 Å². The molecule has 1 nitrogen and oxygen atoms in total. The Hall–Kier alpha value is -1.25. The molecule has 1 atom stereocenters. The Kier molecular flexibility index (Phi) is 5.09. The molecule has 1 heterocycles. The van der Waals surface area contributed by atoms with Gasteiger partial charge in [0.15, 0.2) is 0 Å². The van der Waals surface area contributed by atoms with Gasteiger partial charge in [0.25, 0.3) is 0 Å². The van der Waals surface area contributed by atoms with Gasteiger partial charge < -0.3 is 5.11 Å². The highest BCUT2D eigenvalue weighted by Crippen LogP contribution is 2.36. The molecule has 0 radical (unpaired) electrons. The van der Waals surface area contributed by atoms with E-state index in [1.54, 1.807) is 23.9 Å². The topological polar surface area (TPSA) is 20.2 Å². The van der Waals surface area contributed by atoms with E-state index in [2.05, 4.69) is 13.2 Å². The monoisotopic (exact) mass is 232 g/mol. The zero-order chi connectivity index (χ0) is 12.0. The number of hydrogen-bond acceptors (Lipinski definition) is 2. The minimum absolute atomic E-state index is 0.586. The molecule has 16 heavy (non-hydrogen) atoms. The van der Waals surface area contributed by atoms with E-state index in [1.807, 2.05) is 37.3 Å². The van der Waals surface area contributed by atoms with Crippen molar-refractivity contribution in [2.45, 2.75) is 13.0 Å². The lowest BCUT2D eigenvalue weighted by molar-refractivity contribution is 0.262. The molecule has 1 rings (SSSR count). The fraction of sp³-hybridized carbons (Fsp3) is 0.143. The Morgan fingerprint density at radius 3 is 2.62 bits per heavy atom. The molecule has 0 aromatic heterocycles. The molecule has 0 saturated heterocycles. The van der Waals surface area contributed by atoms with Crippen LogP contribution < -0.4 is 0 Å². The van der Waals surface area contributed by atoms with Crippen molar-refractivity contribution in [2.24, 2.45) is 0 Å². The molecular formula is C14H16OS. The van der Waals surface area contributed by atoms with E-state index in [1.165, 1.54) is 0 Å². The summed E-state index contributed by atoms with van der Waals surface area (Å²) < 4.78 is 0. The third-order valence-corrected chi connectivity index (χ3v) is 3.25. The molecule has 1 aliphatic heterocycles. The van der Waals surface area contributed by atoms with Gasteiger partial charge in [-0.1, -0.05) is 55.3 Å². The maximum atomic E-state index is 9.88. The Bertz CT molecular complexity index is 397. The summed E-state index contributed by atoms with van der Waals surface area (Å²) in [6.45, 7) is 9.41. The molecule has 0 amide bonds. The van der Waals surface area contributed by atoms with E-state index >= 15 is 0 Å². The van der Waals surface area contributed by atoms with Crippen molar-refractivity contribution in [2.75, 3.05) is 0 Å². The van der Waals surface area contributed by atoms with Crippen molar-refractivity contribution >= 4 is 11.8 Å². The van der Waals surface area contributed by atoms with Crippen molar-refractivity contribution in [1.29, 1.82) is 0 Å². The highest BCUT2D eigenvalue weighted by Gasteiger charge is 2.16. The first-order valence-electron chi connectivity index (χ1n) is 5.09. The molecule has 2 heteroatoms. The van der Waals surface area contributed by atoms with Crippen LogP contribution in [0.5, 0.6) is 0 Å². The van der Waals surface area contributed by atoms with Crippen molar-refractivity contribution in [3.8, 4) is 0 Å². The van der Waals surface area contributed by atoms with E-state index in [-0.39, 0.29) is 0 Å². The van der Waals surface area contributed by atoms with Crippen LogP contribution in [-0.2, 0) is 0 Å². The minimum Gasteiger partial charge on any atom is -0.384 e. The highest BCUT2D eigenvalue weighted by atomic mass is 32.2. The van der Waals surface area contributed by atoms with Gasteiger partial charge in [0.2, 0.25) is 0 Å². The molecule has 1 aliphatic rings. The lowest BCUT2D eigenvalue weighted by Gasteiger charge is -2.18. The first kappa shape index (κ1) is 12.8. The van der Waals surface area contributed by atoms with Crippen LogP contribution in [0.15, 0.2) is 71.1 Å². The quantitative estimate of drug-likeness (QED) is 0.745. The largest absolute Gasteiger partial charge is 0.384 e. The average molecular weight is 232 g/mol. The fourth-order valence-electron chi connectivity index (χ4n) is 1.34. The van der Waals surface area contributed by atoms with E-state index in [0.717, 1.165) is 15.4 Å². The Labute approximate surface area is 101 Å². The second-order valence-corrected chi connectivity index (χ2v) is 4.34. The van der Waals surface area contributed by atoms with Gasteiger partial charge in [0.1, 0.15) is 0 Å². The van der Waals surface area contributed by atoms with Crippen LogP contribution in [0.1, 0.15) is 6.92 Å². The standard InChI is InChI=1S/C14H16OS/c1-4-7-8-9-11-10-13(15)12(5-2)14(6-3)16-11/h4-10,13,15H,2-3H2,1H3/b7-4-,9-8-. The number of thioether (sulfide) groups is 1. The molecule has 0 aliphatic carbocycles. The molecule has 0 aromatic carbocycles. The second kappa shape index (κ2) is 6.36. The Morgan fingerprint density at radius 1 is 1.31 bits per heavy atom. The molecule has 0 saturated carbocycles. The van der Waals surface area contributed by atoms with Gasteiger partial charge in [-0.3, -0.25) is 0 Å². The van der Waals surface area contributed by atoms with E-state index in [4.69, 9.17) is 0 Å². The van der Waals surface area contributed by atoms with E-state index in [9.17, 15) is 5.11 Å².